The van der Waals surface area contributed by atoms with Crippen LogP contribution in [0.15, 0.2) is 42.7 Å². The second-order valence-electron chi connectivity index (χ2n) is 6.67. The summed E-state index contributed by atoms with van der Waals surface area (Å²) in [7, 11) is 0. The minimum Gasteiger partial charge on any atom is -0.338 e. The normalized spacial score (nSPS) is 14.6. The van der Waals surface area contributed by atoms with E-state index in [-0.39, 0.29) is 12.6 Å². The van der Waals surface area contributed by atoms with Crippen LogP contribution < -0.4 is 10.6 Å². The van der Waals surface area contributed by atoms with E-state index >= 15 is 0 Å². The first kappa shape index (κ1) is 16.5. The molecule has 0 unspecified atom stereocenters. The van der Waals surface area contributed by atoms with Gasteiger partial charge in [0.15, 0.2) is 5.82 Å². The summed E-state index contributed by atoms with van der Waals surface area (Å²) in [5.41, 5.74) is 2.90. The van der Waals surface area contributed by atoms with Crippen LogP contribution in [-0.4, -0.2) is 32.2 Å². The smallest absolute Gasteiger partial charge is 0.315 e. The zero-order valence-electron chi connectivity index (χ0n) is 14.6. The number of hydrogen-bond acceptors (Lipinski definition) is 4. The summed E-state index contributed by atoms with van der Waals surface area (Å²) in [5, 5.41) is 10.1. The Hall–Kier alpha value is -2.96. The Morgan fingerprint density at radius 1 is 1.12 bits per heavy atom. The maximum Gasteiger partial charge on any atom is 0.315 e. The first-order valence-corrected chi connectivity index (χ1v) is 9.03. The fraction of sp³-hybridized carbons (Fsp3) is 0.368. The number of rotatable bonds is 4. The van der Waals surface area contributed by atoms with Gasteiger partial charge in [-0.2, -0.15) is 4.98 Å². The lowest BCUT2D eigenvalue weighted by molar-refractivity contribution is 0.237. The molecule has 0 saturated heterocycles. The van der Waals surface area contributed by atoms with Gasteiger partial charge in [0.2, 0.25) is 0 Å². The summed E-state index contributed by atoms with van der Waals surface area (Å²) < 4.78 is 1.60. The lowest BCUT2D eigenvalue weighted by atomic mass is 10.00. The molecule has 134 valence electrons. The molecule has 26 heavy (non-hydrogen) atoms. The van der Waals surface area contributed by atoms with E-state index in [1.165, 1.54) is 11.1 Å². The van der Waals surface area contributed by atoms with Gasteiger partial charge in [0.25, 0.3) is 5.78 Å². The highest BCUT2D eigenvalue weighted by atomic mass is 16.2. The number of hydrogen-bond donors (Lipinski definition) is 2. The summed E-state index contributed by atoms with van der Waals surface area (Å²) in [5.74, 6) is 1.58. The average Bonchev–Trinajstić information content (AvgIpc) is 2.98. The third-order valence-electron chi connectivity index (χ3n) is 4.88. The van der Waals surface area contributed by atoms with Gasteiger partial charge in [-0.3, -0.25) is 0 Å². The molecule has 0 aliphatic heterocycles. The standard InChI is InChI=1S/C19H22N6O/c26-19(22-13-17-23-18-20-10-3-11-25(18)24-17)21-12-14-6-8-15-4-1-2-5-16(15)9-7-14/h1-5,10-11,14H,6-9,12-13H2,(H2,21,22,26). The van der Waals surface area contributed by atoms with Crippen LogP contribution in [0, 0.1) is 5.92 Å². The molecular formula is C19H22N6O. The highest BCUT2D eigenvalue weighted by Crippen LogP contribution is 2.23. The number of aryl methyl sites for hydroxylation is 2. The Labute approximate surface area is 151 Å². The highest BCUT2D eigenvalue weighted by Gasteiger charge is 2.16. The first-order chi connectivity index (χ1) is 12.8. The molecule has 2 amide bonds. The van der Waals surface area contributed by atoms with Gasteiger partial charge in [-0.05, 0) is 48.8 Å². The van der Waals surface area contributed by atoms with Crippen molar-refractivity contribution >= 4 is 11.8 Å². The van der Waals surface area contributed by atoms with E-state index < -0.39 is 0 Å². The van der Waals surface area contributed by atoms with E-state index in [4.69, 9.17) is 0 Å². The number of carbonyl (C=O) groups is 1. The van der Waals surface area contributed by atoms with E-state index in [0.717, 1.165) is 25.7 Å². The minimum absolute atomic E-state index is 0.182. The van der Waals surface area contributed by atoms with Crippen molar-refractivity contribution in [2.75, 3.05) is 6.54 Å². The summed E-state index contributed by atoms with van der Waals surface area (Å²) in [6, 6.07) is 10.2. The lowest BCUT2D eigenvalue weighted by Crippen LogP contribution is -2.38. The molecule has 1 aromatic carbocycles. The SMILES string of the molecule is O=C(NCc1nc2ncccn2n1)NCC1CCc2ccccc2CC1. The van der Waals surface area contributed by atoms with Crippen molar-refractivity contribution in [1.29, 1.82) is 0 Å². The van der Waals surface area contributed by atoms with E-state index in [1.807, 2.05) is 0 Å². The molecule has 7 heteroatoms. The topological polar surface area (TPSA) is 84.2 Å². The molecule has 2 heterocycles. The lowest BCUT2D eigenvalue weighted by Gasteiger charge is -2.15. The van der Waals surface area contributed by atoms with Crippen molar-refractivity contribution in [2.45, 2.75) is 32.2 Å². The molecule has 0 bridgehead atoms. The van der Waals surface area contributed by atoms with Gasteiger partial charge >= 0.3 is 6.03 Å². The molecule has 0 atom stereocenters. The van der Waals surface area contributed by atoms with Crippen molar-refractivity contribution in [3.05, 3.63) is 59.7 Å². The zero-order valence-corrected chi connectivity index (χ0v) is 14.6. The number of fused-ring (bicyclic) bond motifs is 2. The predicted molar refractivity (Wildman–Crippen MR) is 97.6 cm³/mol. The molecule has 1 aliphatic rings. The first-order valence-electron chi connectivity index (χ1n) is 9.03. The molecule has 2 aromatic heterocycles. The summed E-state index contributed by atoms with van der Waals surface area (Å²) in [6.07, 6.45) is 7.83. The molecule has 3 aromatic rings. The van der Waals surface area contributed by atoms with Gasteiger partial charge in [0, 0.05) is 18.9 Å². The molecule has 0 saturated carbocycles. The van der Waals surface area contributed by atoms with Crippen LogP contribution in [0.3, 0.4) is 0 Å². The Kier molecular flexibility index (Phi) is 4.77. The number of amides is 2. The Balaban J connectivity index is 1.24. The summed E-state index contributed by atoms with van der Waals surface area (Å²) >= 11 is 0. The van der Waals surface area contributed by atoms with Crippen LogP contribution >= 0.6 is 0 Å². The number of carbonyl (C=O) groups excluding carboxylic acids is 1. The van der Waals surface area contributed by atoms with Gasteiger partial charge in [-0.1, -0.05) is 24.3 Å². The largest absolute Gasteiger partial charge is 0.338 e. The van der Waals surface area contributed by atoms with Gasteiger partial charge in [-0.15, -0.1) is 5.10 Å². The molecular weight excluding hydrogens is 328 g/mol. The third kappa shape index (κ3) is 3.82. The Bertz CT molecular complexity index is 846. The van der Waals surface area contributed by atoms with Crippen molar-refractivity contribution in [1.82, 2.24) is 30.2 Å². The van der Waals surface area contributed by atoms with Crippen molar-refractivity contribution < 1.29 is 4.79 Å². The third-order valence-corrected chi connectivity index (χ3v) is 4.88. The van der Waals surface area contributed by atoms with Crippen molar-refractivity contribution in [2.24, 2.45) is 5.92 Å². The molecule has 4 rings (SSSR count). The molecule has 7 nitrogen and oxygen atoms in total. The fourth-order valence-corrected chi connectivity index (χ4v) is 3.42. The molecule has 0 fully saturated rings. The van der Waals surface area contributed by atoms with E-state index in [1.54, 1.807) is 23.0 Å². The monoisotopic (exact) mass is 350 g/mol. The van der Waals surface area contributed by atoms with Gasteiger partial charge in [0.1, 0.15) is 0 Å². The molecule has 2 N–H and O–H groups in total. The van der Waals surface area contributed by atoms with E-state index in [9.17, 15) is 4.79 Å². The van der Waals surface area contributed by atoms with Crippen LogP contribution in [-0.2, 0) is 19.4 Å². The Morgan fingerprint density at radius 3 is 2.62 bits per heavy atom. The van der Waals surface area contributed by atoms with E-state index in [0.29, 0.717) is 24.1 Å². The predicted octanol–water partition coefficient (Wildman–Crippen LogP) is 2.12. The van der Waals surface area contributed by atoms with Gasteiger partial charge in [0.05, 0.1) is 6.54 Å². The maximum absolute atomic E-state index is 12.1. The number of benzene rings is 1. The van der Waals surface area contributed by atoms with Crippen LogP contribution in [0.4, 0.5) is 4.79 Å². The number of nitrogens with zero attached hydrogens (tertiary/aromatic N) is 4. The second-order valence-corrected chi connectivity index (χ2v) is 6.67. The molecule has 0 radical (unpaired) electrons. The zero-order chi connectivity index (χ0) is 17.8. The highest BCUT2D eigenvalue weighted by molar-refractivity contribution is 5.73. The van der Waals surface area contributed by atoms with Crippen LogP contribution in [0.5, 0.6) is 0 Å². The Morgan fingerprint density at radius 2 is 1.88 bits per heavy atom. The molecule has 1 aliphatic carbocycles. The van der Waals surface area contributed by atoms with Crippen LogP contribution in [0.2, 0.25) is 0 Å². The van der Waals surface area contributed by atoms with Crippen molar-refractivity contribution in [3.8, 4) is 0 Å². The molecule has 0 spiro atoms. The van der Waals surface area contributed by atoms with Gasteiger partial charge in [-0.25, -0.2) is 14.3 Å². The maximum atomic E-state index is 12.1. The number of aromatic nitrogens is 4. The quantitative estimate of drug-likeness (QED) is 0.706. The summed E-state index contributed by atoms with van der Waals surface area (Å²) in [6.45, 7) is 0.977. The van der Waals surface area contributed by atoms with E-state index in [2.05, 4.69) is 50.0 Å². The second kappa shape index (κ2) is 7.51. The van der Waals surface area contributed by atoms with Crippen molar-refractivity contribution in [3.63, 3.8) is 0 Å². The van der Waals surface area contributed by atoms with Gasteiger partial charge < -0.3 is 10.6 Å². The van der Waals surface area contributed by atoms with Crippen LogP contribution in [0.25, 0.3) is 5.78 Å². The van der Waals surface area contributed by atoms with Crippen LogP contribution in [0.1, 0.15) is 29.8 Å². The summed E-state index contributed by atoms with van der Waals surface area (Å²) in [4.78, 5) is 20.5. The number of nitrogens with one attached hydrogen (secondary N) is 2. The fourth-order valence-electron chi connectivity index (χ4n) is 3.42. The number of urea groups is 1. The minimum atomic E-state index is -0.182. The average molecular weight is 350 g/mol.